The molecule has 0 saturated carbocycles. The lowest BCUT2D eigenvalue weighted by molar-refractivity contribution is -0.148. The van der Waals surface area contributed by atoms with E-state index in [0.717, 1.165) is 37.2 Å². The number of esters is 1. The van der Waals surface area contributed by atoms with Crippen LogP contribution >= 0.6 is 0 Å². The Kier molecular flexibility index (Phi) is 4.88. The molecule has 0 radical (unpaired) electrons. The lowest BCUT2D eigenvalue weighted by atomic mass is 9.96. The van der Waals surface area contributed by atoms with Gasteiger partial charge < -0.3 is 14.4 Å². The first-order valence-corrected chi connectivity index (χ1v) is 7.22. The molecule has 2 rings (SSSR count). The molecule has 4 heteroatoms. The number of hydrogen-bond acceptors (Lipinski definition) is 4. The summed E-state index contributed by atoms with van der Waals surface area (Å²) >= 11 is 0. The zero-order chi connectivity index (χ0) is 14.5. The van der Waals surface area contributed by atoms with Gasteiger partial charge >= 0.3 is 5.97 Å². The Morgan fingerprint density at radius 1 is 1.35 bits per heavy atom. The minimum Gasteiger partial charge on any atom is -0.496 e. The summed E-state index contributed by atoms with van der Waals surface area (Å²) in [6, 6.07) is 6.22. The van der Waals surface area contributed by atoms with Crippen molar-refractivity contribution in [1.29, 1.82) is 0 Å². The summed E-state index contributed by atoms with van der Waals surface area (Å²) in [5, 5.41) is 0. The predicted molar refractivity (Wildman–Crippen MR) is 79.3 cm³/mol. The van der Waals surface area contributed by atoms with E-state index >= 15 is 0 Å². The number of carbonyl (C=O) groups excluding carboxylic acids is 1. The van der Waals surface area contributed by atoms with Crippen molar-refractivity contribution >= 4 is 11.7 Å². The quantitative estimate of drug-likeness (QED) is 0.793. The fraction of sp³-hybridized carbons (Fsp3) is 0.562. The molecule has 0 spiro atoms. The molecule has 110 valence electrons. The Balaban J connectivity index is 1.97. The maximum absolute atomic E-state index is 11.7. The molecule has 4 nitrogen and oxygen atoms in total. The number of rotatable bonds is 4. The zero-order valence-corrected chi connectivity index (χ0v) is 12.5. The van der Waals surface area contributed by atoms with E-state index in [-0.39, 0.29) is 11.9 Å². The number of piperidine rings is 1. The Morgan fingerprint density at radius 3 is 2.60 bits per heavy atom. The van der Waals surface area contributed by atoms with Crippen LogP contribution in [0.1, 0.15) is 25.3 Å². The van der Waals surface area contributed by atoms with Crippen molar-refractivity contribution in [2.75, 3.05) is 31.7 Å². The van der Waals surface area contributed by atoms with Gasteiger partial charge in [0.25, 0.3) is 0 Å². The summed E-state index contributed by atoms with van der Waals surface area (Å²) in [5.41, 5.74) is 2.34. The standard InChI is InChI=1S/C16H23NO3/c1-4-20-16(18)13-7-9-17(10-8-13)14-5-6-15(19-3)12(2)11-14/h5-6,11,13H,4,7-10H2,1-3H3. The molecule has 0 aromatic heterocycles. The van der Waals surface area contributed by atoms with Gasteiger partial charge in [-0.15, -0.1) is 0 Å². The Hall–Kier alpha value is -1.71. The molecule has 1 aromatic rings. The maximum atomic E-state index is 11.7. The first-order valence-electron chi connectivity index (χ1n) is 7.22. The predicted octanol–water partition coefficient (Wildman–Crippen LogP) is 2.78. The molecular weight excluding hydrogens is 254 g/mol. The van der Waals surface area contributed by atoms with E-state index in [4.69, 9.17) is 9.47 Å². The minimum atomic E-state index is -0.0435. The van der Waals surface area contributed by atoms with Crippen LogP contribution in [0.15, 0.2) is 18.2 Å². The third-order valence-corrected chi connectivity index (χ3v) is 3.86. The zero-order valence-electron chi connectivity index (χ0n) is 12.5. The summed E-state index contributed by atoms with van der Waals surface area (Å²) in [6.45, 7) is 6.17. The SMILES string of the molecule is CCOC(=O)C1CCN(c2ccc(OC)c(C)c2)CC1. The lowest BCUT2D eigenvalue weighted by Gasteiger charge is -2.32. The normalized spacial score (nSPS) is 16.1. The third-order valence-electron chi connectivity index (χ3n) is 3.86. The van der Waals surface area contributed by atoms with Crippen molar-refractivity contribution in [3.05, 3.63) is 23.8 Å². The summed E-state index contributed by atoms with van der Waals surface area (Å²) in [4.78, 5) is 14.0. The fourth-order valence-corrected chi connectivity index (χ4v) is 2.69. The molecule has 1 heterocycles. The first kappa shape index (κ1) is 14.7. The number of methoxy groups -OCH3 is 1. The number of nitrogens with zero attached hydrogens (tertiary/aromatic N) is 1. The topological polar surface area (TPSA) is 38.8 Å². The van der Waals surface area contributed by atoms with Crippen LogP contribution in [-0.4, -0.2) is 32.8 Å². The number of benzene rings is 1. The van der Waals surface area contributed by atoms with E-state index in [1.54, 1.807) is 7.11 Å². The monoisotopic (exact) mass is 277 g/mol. The molecule has 0 atom stereocenters. The molecule has 0 unspecified atom stereocenters. The highest BCUT2D eigenvalue weighted by Crippen LogP contribution is 2.28. The van der Waals surface area contributed by atoms with Crippen molar-refractivity contribution in [3.63, 3.8) is 0 Å². The summed E-state index contributed by atoms with van der Waals surface area (Å²) < 4.78 is 10.4. The molecule has 0 aliphatic carbocycles. The van der Waals surface area contributed by atoms with Crippen molar-refractivity contribution < 1.29 is 14.3 Å². The number of carbonyl (C=O) groups is 1. The van der Waals surface area contributed by atoms with Crippen molar-refractivity contribution in [2.24, 2.45) is 5.92 Å². The number of aryl methyl sites for hydroxylation is 1. The van der Waals surface area contributed by atoms with Gasteiger partial charge in [-0.25, -0.2) is 0 Å². The van der Waals surface area contributed by atoms with Gasteiger partial charge in [0.15, 0.2) is 0 Å². The Bertz CT molecular complexity index is 465. The largest absolute Gasteiger partial charge is 0.496 e. The van der Waals surface area contributed by atoms with Crippen LogP contribution in [0.3, 0.4) is 0 Å². The second kappa shape index (κ2) is 6.64. The molecule has 1 aliphatic rings. The Morgan fingerprint density at radius 2 is 2.05 bits per heavy atom. The molecule has 1 aromatic carbocycles. The molecule has 0 amide bonds. The van der Waals surface area contributed by atoms with E-state index in [0.29, 0.717) is 6.61 Å². The van der Waals surface area contributed by atoms with Crippen molar-refractivity contribution in [3.8, 4) is 5.75 Å². The van der Waals surface area contributed by atoms with E-state index in [9.17, 15) is 4.79 Å². The number of anilines is 1. The molecular formula is C16H23NO3. The molecule has 1 aliphatic heterocycles. The smallest absolute Gasteiger partial charge is 0.309 e. The maximum Gasteiger partial charge on any atom is 0.309 e. The van der Waals surface area contributed by atoms with Crippen LogP contribution in [0.4, 0.5) is 5.69 Å². The van der Waals surface area contributed by atoms with Gasteiger partial charge in [0.2, 0.25) is 0 Å². The molecule has 0 bridgehead atoms. The average molecular weight is 277 g/mol. The van der Waals surface area contributed by atoms with Crippen LogP contribution in [-0.2, 0) is 9.53 Å². The summed E-state index contributed by atoms with van der Waals surface area (Å²) in [6.07, 6.45) is 1.73. The summed E-state index contributed by atoms with van der Waals surface area (Å²) in [7, 11) is 1.69. The van der Waals surface area contributed by atoms with Gasteiger partial charge in [-0.1, -0.05) is 0 Å². The number of ether oxygens (including phenoxy) is 2. The van der Waals surface area contributed by atoms with Gasteiger partial charge in [-0.05, 0) is 50.5 Å². The van der Waals surface area contributed by atoms with Crippen LogP contribution in [0.25, 0.3) is 0 Å². The second-order valence-electron chi connectivity index (χ2n) is 5.17. The van der Waals surface area contributed by atoms with E-state index in [2.05, 4.69) is 17.0 Å². The minimum absolute atomic E-state index is 0.0435. The molecule has 1 saturated heterocycles. The van der Waals surface area contributed by atoms with Gasteiger partial charge in [-0.2, -0.15) is 0 Å². The lowest BCUT2D eigenvalue weighted by Crippen LogP contribution is -2.37. The highest BCUT2D eigenvalue weighted by Gasteiger charge is 2.26. The van der Waals surface area contributed by atoms with Crippen LogP contribution in [0, 0.1) is 12.8 Å². The van der Waals surface area contributed by atoms with E-state index in [1.165, 1.54) is 5.69 Å². The van der Waals surface area contributed by atoms with Crippen LogP contribution in [0.5, 0.6) is 5.75 Å². The third kappa shape index (κ3) is 3.24. The van der Waals surface area contributed by atoms with Crippen molar-refractivity contribution in [1.82, 2.24) is 0 Å². The highest BCUT2D eigenvalue weighted by atomic mass is 16.5. The van der Waals surface area contributed by atoms with Crippen LogP contribution in [0.2, 0.25) is 0 Å². The Labute approximate surface area is 120 Å². The first-order chi connectivity index (χ1) is 9.65. The highest BCUT2D eigenvalue weighted by molar-refractivity contribution is 5.73. The number of hydrogen-bond donors (Lipinski definition) is 0. The van der Waals surface area contributed by atoms with Gasteiger partial charge in [0.05, 0.1) is 19.6 Å². The fourth-order valence-electron chi connectivity index (χ4n) is 2.69. The molecule has 0 N–H and O–H groups in total. The van der Waals surface area contributed by atoms with E-state index in [1.807, 2.05) is 19.9 Å². The van der Waals surface area contributed by atoms with Crippen LogP contribution < -0.4 is 9.64 Å². The van der Waals surface area contributed by atoms with Gasteiger partial charge in [-0.3, -0.25) is 4.79 Å². The average Bonchev–Trinajstić information content (AvgIpc) is 2.47. The van der Waals surface area contributed by atoms with Gasteiger partial charge in [0.1, 0.15) is 5.75 Å². The van der Waals surface area contributed by atoms with E-state index < -0.39 is 0 Å². The molecule has 20 heavy (non-hydrogen) atoms. The van der Waals surface area contributed by atoms with Crippen molar-refractivity contribution in [2.45, 2.75) is 26.7 Å². The molecule has 1 fully saturated rings. The summed E-state index contributed by atoms with van der Waals surface area (Å²) in [5.74, 6) is 0.929. The van der Waals surface area contributed by atoms with Gasteiger partial charge in [0, 0.05) is 18.8 Å². The second-order valence-corrected chi connectivity index (χ2v) is 5.17.